The molecule has 13 heavy (non-hydrogen) atoms. The van der Waals surface area contributed by atoms with Crippen molar-refractivity contribution in [3.8, 4) is 5.88 Å². The summed E-state index contributed by atoms with van der Waals surface area (Å²) in [4.78, 5) is 4.21. The largest absolute Gasteiger partial charge is 0.480 e. The number of halogens is 1. The first-order valence-electron chi connectivity index (χ1n) is 3.72. The molecule has 0 aliphatic rings. The fourth-order valence-electron chi connectivity index (χ4n) is 0.780. The van der Waals surface area contributed by atoms with Crippen LogP contribution in [0.1, 0.15) is 0 Å². The molecule has 1 heterocycles. The standard InChI is InChI=1S/C8H10BrNO2S/c1-12-8-6(9)2-3-7(10-8)13-5-4-11/h2-3,11H,4-5H2,1H3. The molecule has 0 atom stereocenters. The van der Waals surface area contributed by atoms with E-state index in [1.54, 1.807) is 7.11 Å². The van der Waals surface area contributed by atoms with Crippen LogP contribution in [0.2, 0.25) is 0 Å². The number of pyridine rings is 1. The van der Waals surface area contributed by atoms with Crippen molar-refractivity contribution >= 4 is 27.7 Å². The molecule has 1 aromatic rings. The second-order valence-electron chi connectivity index (χ2n) is 2.21. The molecule has 0 spiro atoms. The molecule has 0 unspecified atom stereocenters. The van der Waals surface area contributed by atoms with Crippen molar-refractivity contribution in [2.24, 2.45) is 0 Å². The highest BCUT2D eigenvalue weighted by Crippen LogP contribution is 2.25. The minimum absolute atomic E-state index is 0.157. The Labute approximate surface area is 89.6 Å². The van der Waals surface area contributed by atoms with Gasteiger partial charge in [-0.05, 0) is 28.1 Å². The van der Waals surface area contributed by atoms with Crippen LogP contribution < -0.4 is 4.74 Å². The molecule has 1 rings (SSSR count). The van der Waals surface area contributed by atoms with E-state index >= 15 is 0 Å². The zero-order valence-corrected chi connectivity index (χ0v) is 9.56. The summed E-state index contributed by atoms with van der Waals surface area (Å²) in [6.07, 6.45) is 0. The molecule has 0 bridgehead atoms. The van der Waals surface area contributed by atoms with Crippen LogP contribution in [-0.4, -0.2) is 29.6 Å². The molecule has 1 N–H and O–H groups in total. The van der Waals surface area contributed by atoms with Crippen LogP contribution in [0.25, 0.3) is 0 Å². The molecule has 0 fully saturated rings. The van der Waals surface area contributed by atoms with Crippen molar-refractivity contribution in [3.63, 3.8) is 0 Å². The Morgan fingerprint density at radius 1 is 1.62 bits per heavy atom. The predicted molar refractivity (Wildman–Crippen MR) is 56.3 cm³/mol. The van der Waals surface area contributed by atoms with Crippen LogP contribution in [0.5, 0.6) is 5.88 Å². The van der Waals surface area contributed by atoms with E-state index in [9.17, 15) is 0 Å². The van der Waals surface area contributed by atoms with Gasteiger partial charge in [0.1, 0.15) is 5.03 Å². The van der Waals surface area contributed by atoms with Gasteiger partial charge in [-0.3, -0.25) is 0 Å². The van der Waals surface area contributed by atoms with Gasteiger partial charge in [0.25, 0.3) is 0 Å². The van der Waals surface area contributed by atoms with Crippen LogP contribution in [0, 0.1) is 0 Å². The van der Waals surface area contributed by atoms with Gasteiger partial charge in [0.2, 0.25) is 5.88 Å². The molecular formula is C8H10BrNO2S. The number of methoxy groups -OCH3 is 1. The van der Waals surface area contributed by atoms with Gasteiger partial charge in [-0.2, -0.15) is 0 Å². The first kappa shape index (κ1) is 10.8. The Balaban J connectivity index is 2.74. The third-order valence-electron chi connectivity index (χ3n) is 1.32. The van der Waals surface area contributed by atoms with E-state index < -0.39 is 0 Å². The molecule has 0 aliphatic heterocycles. The van der Waals surface area contributed by atoms with Crippen LogP contribution in [0.4, 0.5) is 0 Å². The first-order valence-corrected chi connectivity index (χ1v) is 5.50. The predicted octanol–water partition coefficient (Wildman–Crippen LogP) is 1.94. The lowest BCUT2D eigenvalue weighted by Gasteiger charge is -2.04. The van der Waals surface area contributed by atoms with Crippen molar-refractivity contribution in [2.75, 3.05) is 19.5 Å². The first-order chi connectivity index (χ1) is 6.27. The van der Waals surface area contributed by atoms with Gasteiger partial charge < -0.3 is 9.84 Å². The zero-order chi connectivity index (χ0) is 9.68. The molecular weight excluding hydrogens is 254 g/mol. The lowest BCUT2D eigenvalue weighted by molar-refractivity contribution is 0.322. The molecule has 5 heteroatoms. The smallest absolute Gasteiger partial charge is 0.228 e. The van der Waals surface area contributed by atoms with E-state index in [0.29, 0.717) is 11.6 Å². The van der Waals surface area contributed by atoms with Crippen molar-refractivity contribution < 1.29 is 9.84 Å². The number of hydrogen-bond donors (Lipinski definition) is 1. The number of aliphatic hydroxyl groups excluding tert-OH is 1. The number of ether oxygens (including phenoxy) is 1. The van der Waals surface area contributed by atoms with Gasteiger partial charge in [0.05, 0.1) is 18.2 Å². The quantitative estimate of drug-likeness (QED) is 0.844. The summed E-state index contributed by atoms with van der Waals surface area (Å²) < 4.78 is 5.87. The molecule has 0 aliphatic carbocycles. The van der Waals surface area contributed by atoms with E-state index in [1.807, 2.05) is 12.1 Å². The molecule has 0 amide bonds. The maximum Gasteiger partial charge on any atom is 0.228 e. The summed E-state index contributed by atoms with van der Waals surface area (Å²) in [6, 6.07) is 3.76. The maximum absolute atomic E-state index is 8.62. The summed E-state index contributed by atoms with van der Waals surface area (Å²) in [5, 5.41) is 9.48. The minimum atomic E-state index is 0.157. The summed E-state index contributed by atoms with van der Waals surface area (Å²) in [5.41, 5.74) is 0. The summed E-state index contributed by atoms with van der Waals surface area (Å²) in [7, 11) is 1.58. The molecule has 1 aromatic heterocycles. The number of thioether (sulfide) groups is 1. The summed E-state index contributed by atoms with van der Waals surface area (Å²) in [5.74, 6) is 1.22. The summed E-state index contributed by atoms with van der Waals surface area (Å²) >= 11 is 4.81. The van der Waals surface area contributed by atoms with Crippen molar-refractivity contribution in [3.05, 3.63) is 16.6 Å². The Bertz CT molecular complexity index is 283. The topological polar surface area (TPSA) is 42.4 Å². The highest BCUT2D eigenvalue weighted by molar-refractivity contribution is 9.10. The Kier molecular flexibility index (Phi) is 4.55. The normalized spacial score (nSPS) is 10.1. The number of hydrogen-bond acceptors (Lipinski definition) is 4. The molecule has 0 aromatic carbocycles. The molecule has 0 radical (unpaired) electrons. The van der Waals surface area contributed by atoms with Crippen molar-refractivity contribution in [2.45, 2.75) is 5.03 Å². The van der Waals surface area contributed by atoms with Gasteiger partial charge in [-0.25, -0.2) is 4.98 Å². The average Bonchev–Trinajstić information content (AvgIpc) is 2.16. The second kappa shape index (κ2) is 5.47. The minimum Gasteiger partial charge on any atom is -0.480 e. The molecule has 3 nitrogen and oxygen atoms in total. The molecule has 72 valence electrons. The fourth-order valence-corrected chi connectivity index (χ4v) is 1.78. The van der Waals surface area contributed by atoms with E-state index in [2.05, 4.69) is 20.9 Å². The van der Waals surface area contributed by atoms with Crippen molar-refractivity contribution in [1.29, 1.82) is 0 Å². The third kappa shape index (κ3) is 3.17. The van der Waals surface area contributed by atoms with Crippen LogP contribution >= 0.6 is 27.7 Å². The fraction of sp³-hybridized carbons (Fsp3) is 0.375. The Hall–Kier alpha value is -0.260. The Morgan fingerprint density at radius 2 is 2.38 bits per heavy atom. The zero-order valence-electron chi connectivity index (χ0n) is 7.16. The number of aromatic nitrogens is 1. The van der Waals surface area contributed by atoms with E-state index in [4.69, 9.17) is 9.84 Å². The number of aliphatic hydroxyl groups is 1. The number of nitrogens with zero attached hydrogens (tertiary/aromatic N) is 1. The lowest BCUT2D eigenvalue weighted by atomic mass is 10.5. The highest BCUT2D eigenvalue weighted by atomic mass is 79.9. The van der Waals surface area contributed by atoms with Crippen LogP contribution in [0.3, 0.4) is 0 Å². The maximum atomic E-state index is 8.62. The molecule has 0 saturated heterocycles. The SMILES string of the molecule is COc1nc(SCCO)ccc1Br. The van der Waals surface area contributed by atoms with Crippen molar-refractivity contribution in [1.82, 2.24) is 4.98 Å². The van der Waals surface area contributed by atoms with Gasteiger partial charge in [-0.15, -0.1) is 11.8 Å². The Morgan fingerprint density at radius 3 is 3.00 bits per heavy atom. The van der Waals surface area contributed by atoms with Crippen LogP contribution in [0.15, 0.2) is 21.6 Å². The highest BCUT2D eigenvalue weighted by Gasteiger charge is 2.03. The van der Waals surface area contributed by atoms with E-state index in [-0.39, 0.29) is 6.61 Å². The van der Waals surface area contributed by atoms with Crippen LogP contribution in [-0.2, 0) is 0 Å². The lowest BCUT2D eigenvalue weighted by Crippen LogP contribution is -1.92. The van der Waals surface area contributed by atoms with Gasteiger partial charge in [-0.1, -0.05) is 0 Å². The summed E-state index contributed by atoms with van der Waals surface area (Å²) in [6.45, 7) is 0.157. The number of rotatable bonds is 4. The second-order valence-corrected chi connectivity index (χ2v) is 4.18. The molecule has 0 saturated carbocycles. The monoisotopic (exact) mass is 263 g/mol. The third-order valence-corrected chi connectivity index (χ3v) is 2.84. The van der Waals surface area contributed by atoms with Gasteiger partial charge >= 0.3 is 0 Å². The average molecular weight is 264 g/mol. The van der Waals surface area contributed by atoms with Gasteiger partial charge in [0.15, 0.2) is 0 Å². The van der Waals surface area contributed by atoms with E-state index in [0.717, 1.165) is 9.50 Å². The van der Waals surface area contributed by atoms with E-state index in [1.165, 1.54) is 11.8 Å². The van der Waals surface area contributed by atoms with Gasteiger partial charge in [0, 0.05) is 5.75 Å².